The van der Waals surface area contributed by atoms with Gasteiger partial charge in [0.15, 0.2) is 0 Å². The van der Waals surface area contributed by atoms with Crippen molar-refractivity contribution in [3.63, 3.8) is 0 Å². The molecule has 1 saturated carbocycles. The van der Waals surface area contributed by atoms with Gasteiger partial charge in [0.05, 0.1) is 11.1 Å². The third kappa shape index (κ3) is 3.83. The van der Waals surface area contributed by atoms with E-state index in [2.05, 4.69) is 10.5 Å². The zero-order chi connectivity index (χ0) is 19.5. The maximum absolute atomic E-state index is 12.2. The molecule has 2 atom stereocenters. The second-order valence-corrected chi connectivity index (χ2v) is 6.60. The van der Waals surface area contributed by atoms with Crippen molar-refractivity contribution in [1.82, 2.24) is 5.43 Å². The molecule has 1 aliphatic rings. The smallest absolute Gasteiger partial charge is 0.270 e. The number of carbonyl (C=O) groups excluding carboxylic acids is 1. The van der Waals surface area contributed by atoms with Gasteiger partial charge < -0.3 is 4.42 Å². The number of hydrazone groups is 1. The number of benzene rings is 2. The Morgan fingerprint density at radius 1 is 1.14 bits per heavy atom. The highest BCUT2D eigenvalue weighted by Gasteiger charge is 2.43. The molecular formula is C21H17N3O4. The number of nitro benzene ring substituents is 1. The lowest BCUT2D eigenvalue weighted by Crippen LogP contribution is -2.20. The SMILES string of the molecule is O=C(N/N=C\c1ccc(-c2cccc([N+](=O)[O-])c2)o1)[C@H]1C[C@@H]1c1ccccc1. The monoisotopic (exact) mass is 375 g/mol. The number of nitrogens with one attached hydrogen (secondary N) is 1. The third-order valence-corrected chi connectivity index (χ3v) is 4.69. The van der Waals surface area contributed by atoms with E-state index in [9.17, 15) is 14.9 Å². The molecule has 4 rings (SSSR count). The van der Waals surface area contributed by atoms with Gasteiger partial charge in [-0.05, 0) is 30.0 Å². The van der Waals surface area contributed by atoms with Crippen LogP contribution in [0.25, 0.3) is 11.3 Å². The number of nitro groups is 1. The Kier molecular flexibility index (Phi) is 4.72. The van der Waals surface area contributed by atoms with Crippen LogP contribution in [0.2, 0.25) is 0 Å². The summed E-state index contributed by atoms with van der Waals surface area (Å²) in [7, 11) is 0. The maximum Gasteiger partial charge on any atom is 0.270 e. The van der Waals surface area contributed by atoms with Crippen LogP contribution >= 0.6 is 0 Å². The number of hydrogen-bond acceptors (Lipinski definition) is 5. The van der Waals surface area contributed by atoms with Crippen molar-refractivity contribution in [3.8, 4) is 11.3 Å². The first kappa shape index (κ1) is 17.7. The summed E-state index contributed by atoms with van der Waals surface area (Å²) >= 11 is 0. The van der Waals surface area contributed by atoms with Gasteiger partial charge in [-0.2, -0.15) is 5.10 Å². The fourth-order valence-corrected chi connectivity index (χ4v) is 3.15. The van der Waals surface area contributed by atoms with Crippen molar-refractivity contribution in [2.45, 2.75) is 12.3 Å². The summed E-state index contributed by atoms with van der Waals surface area (Å²) in [6.45, 7) is 0. The van der Waals surface area contributed by atoms with Crippen LogP contribution in [-0.2, 0) is 4.79 Å². The zero-order valence-corrected chi connectivity index (χ0v) is 14.8. The van der Waals surface area contributed by atoms with Crippen molar-refractivity contribution < 1.29 is 14.1 Å². The first-order valence-corrected chi connectivity index (χ1v) is 8.84. The molecule has 1 heterocycles. The minimum absolute atomic E-state index is 0.00576. The maximum atomic E-state index is 12.2. The molecule has 140 valence electrons. The molecule has 0 unspecified atom stereocenters. The molecule has 1 N–H and O–H groups in total. The molecule has 7 heteroatoms. The Morgan fingerprint density at radius 2 is 1.96 bits per heavy atom. The Bertz CT molecular complexity index is 1040. The summed E-state index contributed by atoms with van der Waals surface area (Å²) in [5.41, 5.74) is 4.31. The molecule has 1 aromatic heterocycles. The lowest BCUT2D eigenvalue weighted by molar-refractivity contribution is -0.384. The van der Waals surface area contributed by atoms with Crippen LogP contribution in [0.5, 0.6) is 0 Å². The predicted octanol–water partition coefficient (Wildman–Crippen LogP) is 4.11. The summed E-state index contributed by atoms with van der Waals surface area (Å²) in [6, 6.07) is 19.5. The molecule has 0 aliphatic heterocycles. The summed E-state index contributed by atoms with van der Waals surface area (Å²) in [5, 5.41) is 14.8. The van der Waals surface area contributed by atoms with Gasteiger partial charge in [-0.25, -0.2) is 5.43 Å². The second kappa shape index (κ2) is 7.48. The van der Waals surface area contributed by atoms with E-state index in [1.165, 1.54) is 23.9 Å². The van der Waals surface area contributed by atoms with E-state index < -0.39 is 4.92 Å². The summed E-state index contributed by atoms with van der Waals surface area (Å²) in [5.74, 6) is 1.01. The van der Waals surface area contributed by atoms with Crippen LogP contribution in [0, 0.1) is 16.0 Å². The van der Waals surface area contributed by atoms with E-state index in [0.717, 1.165) is 6.42 Å². The summed E-state index contributed by atoms with van der Waals surface area (Å²) < 4.78 is 5.63. The van der Waals surface area contributed by atoms with Crippen LogP contribution in [0.1, 0.15) is 23.7 Å². The Hall–Kier alpha value is -3.74. The molecule has 0 spiro atoms. The molecule has 28 heavy (non-hydrogen) atoms. The Labute approximate surface area is 160 Å². The number of amides is 1. The molecule has 3 aromatic rings. The molecule has 0 saturated heterocycles. The minimum Gasteiger partial charge on any atom is -0.455 e. The van der Waals surface area contributed by atoms with Gasteiger partial charge in [0, 0.05) is 23.6 Å². The van der Waals surface area contributed by atoms with Crippen molar-refractivity contribution in [1.29, 1.82) is 0 Å². The predicted molar refractivity (Wildman–Crippen MR) is 104 cm³/mol. The average molecular weight is 375 g/mol. The van der Waals surface area contributed by atoms with Crippen LogP contribution in [0.4, 0.5) is 5.69 Å². The van der Waals surface area contributed by atoms with Gasteiger partial charge in [-0.15, -0.1) is 0 Å². The molecule has 0 bridgehead atoms. The van der Waals surface area contributed by atoms with Gasteiger partial charge in [0.2, 0.25) is 5.91 Å². The number of hydrogen-bond donors (Lipinski definition) is 1. The van der Waals surface area contributed by atoms with Crippen molar-refractivity contribution in [2.24, 2.45) is 11.0 Å². The number of nitrogens with zero attached hydrogens (tertiary/aromatic N) is 2. The highest BCUT2D eigenvalue weighted by molar-refractivity contribution is 5.85. The Balaban J connectivity index is 1.35. The fraction of sp³-hybridized carbons (Fsp3) is 0.143. The third-order valence-electron chi connectivity index (χ3n) is 4.69. The average Bonchev–Trinajstić information content (AvgIpc) is 3.39. The largest absolute Gasteiger partial charge is 0.455 e. The summed E-state index contributed by atoms with van der Waals surface area (Å²) in [6.07, 6.45) is 2.24. The number of non-ortho nitro benzene ring substituents is 1. The fourth-order valence-electron chi connectivity index (χ4n) is 3.15. The highest BCUT2D eigenvalue weighted by atomic mass is 16.6. The summed E-state index contributed by atoms with van der Waals surface area (Å²) in [4.78, 5) is 22.6. The molecule has 2 aromatic carbocycles. The van der Waals surface area contributed by atoms with Gasteiger partial charge in [-0.3, -0.25) is 14.9 Å². The second-order valence-electron chi connectivity index (χ2n) is 6.60. The van der Waals surface area contributed by atoms with E-state index >= 15 is 0 Å². The van der Waals surface area contributed by atoms with E-state index in [4.69, 9.17) is 4.42 Å². The quantitative estimate of drug-likeness (QED) is 0.398. The minimum atomic E-state index is -0.453. The highest BCUT2D eigenvalue weighted by Crippen LogP contribution is 2.47. The standard InChI is InChI=1S/C21H17N3O4/c25-21(19-12-18(19)14-5-2-1-3-6-14)23-22-13-17-9-10-20(28-17)15-7-4-8-16(11-15)24(26)27/h1-11,13,18-19H,12H2,(H,23,25)/b22-13-/t18-,19+/m1/s1. The van der Waals surface area contributed by atoms with Crippen molar-refractivity contribution >= 4 is 17.8 Å². The van der Waals surface area contributed by atoms with Crippen LogP contribution < -0.4 is 5.43 Å². The van der Waals surface area contributed by atoms with E-state index in [1.54, 1.807) is 24.3 Å². The van der Waals surface area contributed by atoms with Crippen LogP contribution in [0.15, 0.2) is 76.2 Å². The van der Waals surface area contributed by atoms with Gasteiger partial charge >= 0.3 is 0 Å². The number of carbonyl (C=O) groups is 1. The molecule has 7 nitrogen and oxygen atoms in total. The number of rotatable bonds is 6. The zero-order valence-electron chi connectivity index (χ0n) is 14.8. The Morgan fingerprint density at radius 3 is 2.75 bits per heavy atom. The molecule has 1 amide bonds. The van der Waals surface area contributed by atoms with Gasteiger partial charge in [0.1, 0.15) is 11.5 Å². The molecule has 1 fully saturated rings. The van der Waals surface area contributed by atoms with Crippen LogP contribution in [0.3, 0.4) is 0 Å². The van der Waals surface area contributed by atoms with Crippen molar-refractivity contribution in [3.05, 3.63) is 88.2 Å². The molecule has 1 aliphatic carbocycles. The van der Waals surface area contributed by atoms with E-state index in [-0.39, 0.29) is 23.4 Å². The van der Waals surface area contributed by atoms with E-state index in [1.807, 2.05) is 30.3 Å². The molecular weight excluding hydrogens is 358 g/mol. The molecule has 0 radical (unpaired) electrons. The first-order chi connectivity index (χ1) is 13.6. The lowest BCUT2D eigenvalue weighted by Gasteiger charge is -1.99. The number of furan rings is 1. The lowest BCUT2D eigenvalue weighted by atomic mass is 10.1. The van der Waals surface area contributed by atoms with Gasteiger partial charge in [-0.1, -0.05) is 42.5 Å². The normalized spacial score (nSPS) is 18.1. The first-order valence-electron chi connectivity index (χ1n) is 8.84. The van der Waals surface area contributed by atoms with E-state index in [0.29, 0.717) is 17.1 Å². The topological polar surface area (TPSA) is 97.7 Å². The van der Waals surface area contributed by atoms with Gasteiger partial charge in [0.25, 0.3) is 5.69 Å². The van der Waals surface area contributed by atoms with Crippen LogP contribution in [-0.4, -0.2) is 17.0 Å². The van der Waals surface area contributed by atoms with Crippen molar-refractivity contribution in [2.75, 3.05) is 0 Å².